The van der Waals surface area contributed by atoms with E-state index in [1.807, 2.05) is 0 Å². The number of pyridine rings is 1. The van der Waals surface area contributed by atoms with Crippen LogP contribution in [0.4, 0.5) is 30.4 Å². The Labute approximate surface area is 120 Å². The Kier molecular flexibility index (Phi) is 4.43. The Morgan fingerprint density at radius 2 is 1.90 bits per heavy atom. The molecule has 112 valence electrons. The van der Waals surface area contributed by atoms with E-state index < -0.39 is 23.0 Å². The van der Waals surface area contributed by atoms with Gasteiger partial charge in [-0.15, -0.1) is 0 Å². The number of benzene rings is 1. The van der Waals surface area contributed by atoms with Gasteiger partial charge in [0, 0.05) is 5.69 Å². The molecule has 0 aliphatic rings. The maximum absolute atomic E-state index is 12.6. The summed E-state index contributed by atoms with van der Waals surface area (Å²) in [5.41, 5.74) is -0.0453. The van der Waals surface area contributed by atoms with Crippen LogP contribution in [-0.4, -0.2) is 13.7 Å². The van der Waals surface area contributed by atoms with Crippen molar-refractivity contribution in [2.75, 3.05) is 10.0 Å². The smallest absolute Gasteiger partial charge is 0.354 e. The number of anilines is 3. The summed E-state index contributed by atoms with van der Waals surface area (Å²) >= 11 is -2.23. The molecule has 0 bridgehead atoms. The van der Waals surface area contributed by atoms with Gasteiger partial charge in [-0.05, 0) is 30.3 Å². The second-order valence-corrected chi connectivity index (χ2v) is 4.69. The van der Waals surface area contributed by atoms with E-state index in [-0.39, 0.29) is 11.5 Å². The number of nitrogens with one attached hydrogen (secondary N) is 2. The minimum atomic E-state index is -4.41. The first-order valence-electron chi connectivity index (χ1n) is 5.62. The first kappa shape index (κ1) is 15.3. The minimum absolute atomic E-state index is 0.172. The first-order valence-corrected chi connectivity index (χ1v) is 6.73. The highest BCUT2D eigenvalue weighted by Gasteiger charge is 2.30. The molecule has 2 aromatic rings. The molecule has 0 saturated heterocycles. The van der Waals surface area contributed by atoms with E-state index in [0.717, 1.165) is 12.1 Å². The SMILES string of the molecule is O=S(O)Nc1ccc(Nc2cccc(C(F)(F)F)c2)cn1. The molecule has 3 N–H and O–H groups in total. The summed E-state index contributed by atoms with van der Waals surface area (Å²) in [5.74, 6) is 0.172. The fourth-order valence-electron chi connectivity index (χ4n) is 1.56. The van der Waals surface area contributed by atoms with Crippen molar-refractivity contribution in [2.45, 2.75) is 6.18 Å². The highest BCUT2D eigenvalue weighted by Crippen LogP contribution is 2.31. The third kappa shape index (κ3) is 4.43. The molecule has 0 saturated carbocycles. The number of hydrogen-bond donors (Lipinski definition) is 3. The van der Waals surface area contributed by atoms with Crippen molar-refractivity contribution in [3.8, 4) is 0 Å². The zero-order valence-corrected chi connectivity index (χ0v) is 11.2. The molecule has 9 heteroatoms. The number of nitrogens with zero attached hydrogens (tertiary/aromatic N) is 1. The summed E-state index contributed by atoms with van der Waals surface area (Å²) in [7, 11) is 0. The third-order valence-corrected chi connectivity index (χ3v) is 2.82. The van der Waals surface area contributed by atoms with Gasteiger partial charge in [-0.25, -0.2) is 9.19 Å². The Morgan fingerprint density at radius 1 is 1.14 bits per heavy atom. The van der Waals surface area contributed by atoms with Crippen LogP contribution in [0.2, 0.25) is 0 Å². The largest absolute Gasteiger partial charge is 0.416 e. The van der Waals surface area contributed by atoms with E-state index in [1.165, 1.54) is 30.5 Å². The first-order chi connectivity index (χ1) is 9.84. The molecule has 1 heterocycles. The van der Waals surface area contributed by atoms with Crippen molar-refractivity contribution in [3.05, 3.63) is 48.2 Å². The summed E-state index contributed by atoms with van der Waals surface area (Å²) < 4.78 is 59.0. The van der Waals surface area contributed by atoms with Crippen molar-refractivity contribution in [1.82, 2.24) is 4.98 Å². The lowest BCUT2D eigenvalue weighted by Gasteiger charge is -2.10. The van der Waals surface area contributed by atoms with Crippen LogP contribution in [0.3, 0.4) is 0 Å². The number of rotatable bonds is 4. The topological polar surface area (TPSA) is 74.2 Å². The summed E-state index contributed by atoms with van der Waals surface area (Å²) in [6, 6.07) is 7.68. The highest BCUT2D eigenvalue weighted by atomic mass is 32.2. The molecule has 0 spiro atoms. The van der Waals surface area contributed by atoms with Gasteiger partial charge in [-0.3, -0.25) is 9.27 Å². The van der Waals surface area contributed by atoms with Crippen molar-refractivity contribution in [2.24, 2.45) is 0 Å². The van der Waals surface area contributed by atoms with Gasteiger partial charge in [0.05, 0.1) is 17.4 Å². The van der Waals surface area contributed by atoms with Gasteiger partial charge in [0.1, 0.15) is 5.82 Å². The molecular weight excluding hydrogens is 307 g/mol. The van der Waals surface area contributed by atoms with Crippen molar-refractivity contribution in [3.63, 3.8) is 0 Å². The molecule has 0 radical (unpaired) electrons. The van der Waals surface area contributed by atoms with Crippen molar-refractivity contribution < 1.29 is 21.9 Å². The van der Waals surface area contributed by atoms with Crippen LogP contribution < -0.4 is 10.0 Å². The molecule has 0 amide bonds. The molecule has 2 rings (SSSR count). The Hall–Kier alpha value is -2.13. The van der Waals surface area contributed by atoms with Gasteiger partial charge in [-0.1, -0.05) is 6.07 Å². The number of hydrogen-bond acceptors (Lipinski definition) is 3. The molecule has 21 heavy (non-hydrogen) atoms. The molecule has 0 aliphatic heterocycles. The molecular formula is C12H10F3N3O2S. The van der Waals surface area contributed by atoms with E-state index in [2.05, 4.69) is 15.0 Å². The van der Waals surface area contributed by atoms with Gasteiger partial charge in [0.25, 0.3) is 11.3 Å². The number of halogens is 3. The maximum atomic E-state index is 12.6. The zero-order valence-electron chi connectivity index (χ0n) is 10.4. The summed E-state index contributed by atoms with van der Waals surface area (Å²) in [6.07, 6.45) is -3.08. The van der Waals surface area contributed by atoms with Gasteiger partial charge in [0.15, 0.2) is 0 Å². The lowest BCUT2D eigenvalue weighted by atomic mass is 10.2. The van der Waals surface area contributed by atoms with E-state index in [4.69, 9.17) is 4.55 Å². The van der Waals surface area contributed by atoms with E-state index in [0.29, 0.717) is 5.69 Å². The zero-order chi connectivity index (χ0) is 15.5. The molecule has 0 aliphatic carbocycles. The van der Waals surface area contributed by atoms with Crippen molar-refractivity contribution in [1.29, 1.82) is 0 Å². The molecule has 1 atom stereocenters. The summed E-state index contributed by atoms with van der Waals surface area (Å²) in [6.45, 7) is 0. The lowest BCUT2D eigenvalue weighted by molar-refractivity contribution is -0.137. The van der Waals surface area contributed by atoms with Crippen LogP contribution in [0.5, 0.6) is 0 Å². The Bertz CT molecular complexity index is 647. The number of alkyl halides is 3. The van der Waals surface area contributed by atoms with E-state index in [9.17, 15) is 17.4 Å². The van der Waals surface area contributed by atoms with Crippen LogP contribution in [0, 0.1) is 0 Å². The van der Waals surface area contributed by atoms with Crippen molar-refractivity contribution >= 4 is 28.5 Å². The molecule has 1 aromatic carbocycles. The van der Waals surface area contributed by atoms with Gasteiger partial charge >= 0.3 is 6.18 Å². The average Bonchev–Trinajstić information content (AvgIpc) is 2.40. The predicted molar refractivity (Wildman–Crippen MR) is 73.4 cm³/mol. The fourth-order valence-corrected chi connectivity index (χ4v) is 1.86. The molecule has 5 nitrogen and oxygen atoms in total. The Morgan fingerprint density at radius 3 is 2.48 bits per heavy atom. The molecule has 1 unspecified atom stereocenters. The van der Waals surface area contributed by atoms with Crippen LogP contribution in [-0.2, 0) is 17.4 Å². The third-order valence-electron chi connectivity index (χ3n) is 2.43. The van der Waals surface area contributed by atoms with Crippen LogP contribution >= 0.6 is 0 Å². The number of aromatic nitrogens is 1. The fraction of sp³-hybridized carbons (Fsp3) is 0.0833. The van der Waals surface area contributed by atoms with E-state index in [1.54, 1.807) is 0 Å². The Balaban J connectivity index is 2.13. The standard InChI is InChI=1S/C12H10F3N3O2S/c13-12(14,15)8-2-1-3-9(6-8)17-10-4-5-11(16-7-10)18-21(19)20/h1-7,17H,(H,16,18)(H,19,20). The second kappa shape index (κ2) is 6.10. The molecule has 0 fully saturated rings. The molecule has 1 aromatic heterocycles. The highest BCUT2D eigenvalue weighted by molar-refractivity contribution is 7.80. The summed E-state index contributed by atoms with van der Waals surface area (Å²) in [5, 5.41) is 2.77. The minimum Gasteiger partial charge on any atom is -0.354 e. The van der Waals surface area contributed by atoms with Crippen LogP contribution in [0.25, 0.3) is 0 Å². The van der Waals surface area contributed by atoms with Crippen LogP contribution in [0.15, 0.2) is 42.6 Å². The second-order valence-electron chi connectivity index (χ2n) is 3.99. The maximum Gasteiger partial charge on any atom is 0.416 e. The quantitative estimate of drug-likeness (QED) is 0.756. The van der Waals surface area contributed by atoms with Gasteiger partial charge < -0.3 is 5.32 Å². The summed E-state index contributed by atoms with van der Waals surface area (Å²) in [4.78, 5) is 3.84. The van der Waals surface area contributed by atoms with E-state index >= 15 is 0 Å². The van der Waals surface area contributed by atoms with Crippen LogP contribution in [0.1, 0.15) is 5.56 Å². The normalized spacial score (nSPS) is 12.8. The van der Waals surface area contributed by atoms with Gasteiger partial charge in [-0.2, -0.15) is 13.2 Å². The van der Waals surface area contributed by atoms with Gasteiger partial charge in [0.2, 0.25) is 0 Å². The monoisotopic (exact) mass is 317 g/mol. The lowest BCUT2D eigenvalue weighted by Crippen LogP contribution is -2.05. The predicted octanol–water partition coefficient (Wildman–Crippen LogP) is 3.39. The average molecular weight is 317 g/mol.